The molecule has 3 nitrogen and oxygen atoms in total. The second-order valence-electron chi connectivity index (χ2n) is 5.47. The van der Waals surface area contributed by atoms with Crippen molar-refractivity contribution in [3.05, 3.63) is 65.2 Å². The van der Waals surface area contributed by atoms with Gasteiger partial charge in [-0.05, 0) is 23.8 Å². The fourth-order valence-electron chi connectivity index (χ4n) is 2.77. The van der Waals surface area contributed by atoms with E-state index in [1.54, 1.807) is 0 Å². The summed E-state index contributed by atoms with van der Waals surface area (Å²) in [6, 6.07) is 17.9. The molecule has 0 aliphatic carbocycles. The van der Waals surface area contributed by atoms with Crippen molar-refractivity contribution in [1.29, 1.82) is 0 Å². The predicted molar refractivity (Wildman–Crippen MR) is 90.4 cm³/mol. The van der Waals surface area contributed by atoms with Gasteiger partial charge in [0, 0.05) is 36.9 Å². The molecular formula is C18H19ClN2O. The monoisotopic (exact) mass is 314 g/mol. The third-order valence-corrected chi connectivity index (χ3v) is 4.42. The van der Waals surface area contributed by atoms with E-state index in [2.05, 4.69) is 17.0 Å². The number of nitrogens with zero attached hydrogens (tertiary/aromatic N) is 2. The van der Waals surface area contributed by atoms with Crippen LogP contribution in [0, 0.1) is 0 Å². The lowest BCUT2D eigenvalue weighted by Crippen LogP contribution is -2.49. The highest BCUT2D eigenvalue weighted by Crippen LogP contribution is 2.18. The van der Waals surface area contributed by atoms with Gasteiger partial charge in [0.05, 0.1) is 6.42 Å². The number of halogens is 1. The molecule has 0 unspecified atom stereocenters. The normalized spacial score (nSPS) is 15.0. The van der Waals surface area contributed by atoms with Crippen LogP contribution in [0.1, 0.15) is 5.56 Å². The number of hydrogen-bond acceptors (Lipinski definition) is 2. The first-order chi connectivity index (χ1) is 10.7. The van der Waals surface area contributed by atoms with E-state index in [1.807, 2.05) is 47.4 Å². The first kappa shape index (κ1) is 14.9. The minimum Gasteiger partial charge on any atom is -0.368 e. The summed E-state index contributed by atoms with van der Waals surface area (Å²) in [6.07, 6.45) is 0.380. The van der Waals surface area contributed by atoms with Crippen LogP contribution >= 0.6 is 11.6 Å². The molecule has 1 fully saturated rings. The van der Waals surface area contributed by atoms with Gasteiger partial charge in [-0.1, -0.05) is 48.0 Å². The topological polar surface area (TPSA) is 23.6 Å². The molecule has 0 atom stereocenters. The average molecular weight is 315 g/mol. The molecule has 0 N–H and O–H groups in total. The molecule has 3 rings (SSSR count). The van der Waals surface area contributed by atoms with Crippen LogP contribution in [-0.4, -0.2) is 37.0 Å². The van der Waals surface area contributed by atoms with Crippen molar-refractivity contribution in [3.8, 4) is 0 Å². The molecule has 1 amide bonds. The fraction of sp³-hybridized carbons (Fsp3) is 0.278. The summed E-state index contributed by atoms with van der Waals surface area (Å²) in [5, 5.41) is 0.666. The molecule has 0 bridgehead atoms. The van der Waals surface area contributed by atoms with Gasteiger partial charge >= 0.3 is 0 Å². The smallest absolute Gasteiger partial charge is 0.227 e. The number of rotatable bonds is 3. The van der Waals surface area contributed by atoms with Gasteiger partial charge in [0.15, 0.2) is 0 Å². The van der Waals surface area contributed by atoms with Crippen molar-refractivity contribution in [2.24, 2.45) is 0 Å². The number of para-hydroxylation sites is 1. The maximum Gasteiger partial charge on any atom is 0.227 e. The Kier molecular flexibility index (Phi) is 4.64. The Labute approximate surface area is 136 Å². The molecule has 1 aliphatic rings. The van der Waals surface area contributed by atoms with E-state index in [-0.39, 0.29) is 5.91 Å². The lowest BCUT2D eigenvalue weighted by Gasteiger charge is -2.36. The molecule has 0 spiro atoms. The molecule has 4 heteroatoms. The van der Waals surface area contributed by atoms with E-state index in [0.29, 0.717) is 11.4 Å². The number of hydrogen-bond donors (Lipinski definition) is 0. The SMILES string of the molecule is O=C(Cc1ccccc1Cl)N1CCN(c2ccccc2)CC1. The Bertz CT molecular complexity index is 637. The van der Waals surface area contributed by atoms with Crippen LogP contribution < -0.4 is 4.90 Å². The average Bonchev–Trinajstić information content (AvgIpc) is 2.58. The zero-order valence-corrected chi connectivity index (χ0v) is 13.2. The molecule has 0 aromatic heterocycles. The minimum absolute atomic E-state index is 0.154. The summed E-state index contributed by atoms with van der Waals surface area (Å²) >= 11 is 6.13. The standard InChI is InChI=1S/C18H19ClN2O/c19-17-9-5-4-6-15(17)14-18(22)21-12-10-20(11-13-21)16-7-2-1-3-8-16/h1-9H,10-14H2. The molecule has 114 valence electrons. The van der Waals surface area contributed by atoms with E-state index in [0.717, 1.165) is 31.7 Å². The Morgan fingerprint density at radius 1 is 0.909 bits per heavy atom. The van der Waals surface area contributed by atoms with Crippen LogP contribution in [0.15, 0.2) is 54.6 Å². The van der Waals surface area contributed by atoms with Gasteiger partial charge in [-0.3, -0.25) is 4.79 Å². The van der Waals surface area contributed by atoms with Gasteiger partial charge in [0.25, 0.3) is 0 Å². The summed E-state index contributed by atoms with van der Waals surface area (Å²) in [4.78, 5) is 16.7. The summed E-state index contributed by atoms with van der Waals surface area (Å²) in [5.74, 6) is 0.154. The molecule has 1 aliphatic heterocycles. The van der Waals surface area contributed by atoms with Crippen LogP contribution in [0.3, 0.4) is 0 Å². The number of piperazine rings is 1. The lowest BCUT2D eigenvalue weighted by molar-refractivity contribution is -0.130. The van der Waals surface area contributed by atoms with Gasteiger partial charge in [0.2, 0.25) is 5.91 Å². The van der Waals surface area contributed by atoms with Crippen molar-refractivity contribution in [3.63, 3.8) is 0 Å². The van der Waals surface area contributed by atoms with Crippen LogP contribution in [0.4, 0.5) is 5.69 Å². The van der Waals surface area contributed by atoms with E-state index in [1.165, 1.54) is 5.69 Å². The van der Waals surface area contributed by atoms with Gasteiger partial charge in [-0.2, -0.15) is 0 Å². The van der Waals surface area contributed by atoms with Crippen LogP contribution in [0.2, 0.25) is 5.02 Å². The second kappa shape index (κ2) is 6.84. The maximum atomic E-state index is 12.4. The number of carbonyl (C=O) groups excluding carboxylic acids is 1. The van der Waals surface area contributed by atoms with Crippen molar-refractivity contribution >= 4 is 23.2 Å². The van der Waals surface area contributed by atoms with E-state index in [4.69, 9.17) is 11.6 Å². The highest BCUT2D eigenvalue weighted by atomic mass is 35.5. The highest BCUT2D eigenvalue weighted by Gasteiger charge is 2.21. The van der Waals surface area contributed by atoms with Crippen molar-refractivity contribution < 1.29 is 4.79 Å². The number of benzene rings is 2. The molecule has 22 heavy (non-hydrogen) atoms. The molecule has 0 radical (unpaired) electrons. The Morgan fingerprint density at radius 3 is 2.23 bits per heavy atom. The van der Waals surface area contributed by atoms with Gasteiger partial charge in [0.1, 0.15) is 0 Å². The third-order valence-electron chi connectivity index (χ3n) is 4.05. The van der Waals surface area contributed by atoms with E-state index < -0.39 is 0 Å². The Balaban J connectivity index is 1.57. The minimum atomic E-state index is 0.154. The van der Waals surface area contributed by atoms with Crippen LogP contribution in [-0.2, 0) is 11.2 Å². The number of carbonyl (C=O) groups is 1. The summed E-state index contributed by atoms with van der Waals surface area (Å²) in [7, 11) is 0. The van der Waals surface area contributed by atoms with Gasteiger partial charge in [-0.15, -0.1) is 0 Å². The quantitative estimate of drug-likeness (QED) is 0.868. The summed E-state index contributed by atoms with van der Waals surface area (Å²) in [6.45, 7) is 3.27. The molecule has 1 saturated heterocycles. The van der Waals surface area contributed by atoms with Crippen LogP contribution in [0.5, 0.6) is 0 Å². The molecule has 0 saturated carbocycles. The van der Waals surface area contributed by atoms with Gasteiger partial charge in [-0.25, -0.2) is 0 Å². The number of anilines is 1. The predicted octanol–water partition coefficient (Wildman–Crippen LogP) is 3.23. The largest absolute Gasteiger partial charge is 0.368 e. The highest BCUT2D eigenvalue weighted by molar-refractivity contribution is 6.31. The Morgan fingerprint density at radius 2 is 1.55 bits per heavy atom. The zero-order chi connectivity index (χ0) is 15.4. The lowest BCUT2D eigenvalue weighted by atomic mass is 10.1. The summed E-state index contributed by atoms with van der Waals surface area (Å²) in [5.41, 5.74) is 2.13. The second-order valence-corrected chi connectivity index (χ2v) is 5.88. The first-order valence-corrected chi connectivity index (χ1v) is 7.93. The van der Waals surface area contributed by atoms with Gasteiger partial charge < -0.3 is 9.80 Å². The summed E-state index contributed by atoms with van der Waals surface area (Å²) < 4.78 is 0. The molecular weight excluding hydrogens is 296 g/mol. The molecule has 2 aromatic carbocycles. The molecule has 1 heterocycles. The third kappa shape index (κ3) is 3.42. The van der Waals surface area contributed by atoms with E-state index >= 15 is 0 Å². The first-order valence-electron chi connectivity index (χ1n) is 7.55. The fourth-order valence-corrected chi connectivity index (χ4v) is 2.97. The van der Waals surface area contributed by atoms with Crippen molar-refractivity contribution in [2.45, 2.75) is 6.42 Å². The van der Waals surface area contributed by atoms with Crippen molar-refractivity contribution in [2.75, 3.05) is 31.1 Å². The van der Waals surface area contributed by atoms with Crippen molar-refractivity contribution in [1.82, 2.24) is 4.90 Å². The molecule has 2 aromatic rings. The van der Waals surface area contributed by atoms with Crippen LogP contribution in [0.25, 0.3) is 0 Å². The zero-order valence-electron chi connectivity index (χ0n) is 12.4. The number of amides is 1. The Hall–Kier alpha value is -2.00. The van der Waals surface area contributed by atoms with E-state index in [9.17, 15) is 4.79 Å². The maximum absolute atomic E-state index is 12.4.